The molecule has 2 heterocycles. The van der Waals surface area contributed by atoms with Crippen molar-refractivity contribution in [1.82, 2.24) is 10.1 Å². The average Bonchev–Trinajstić information content (AvgIpc) is 2.78. The molecule has 1 aliphatic rings. The number of carbonyl (C=O) groups excluding carboxylic acids is 2. The van der Waals surface area contributed by atoms with Crippen molar-refractivity contribution in [3.63, 3.8) is 0 Å². The summed E-state index contributed by atoms with van der Waals surface area (Å²) in [6.45, 7) is 2.64. The summed E-state index contributed by atoms with van der Waals surface area (Å²) in [7, 11) is 1.41. The maximum absolute atomic E-state index is 13.2. The summed E-state index contributed by atoms with van der Waals surface area (Å²) in [5.41, 5.74) is 1.41. The zero-order valence-corrected chi connectivity index (χ0v) is 21.6. The van der Waals surface area contributed by atoms with Crippen molar-refractivity contribution in [3.05, 3.63) is 45.4 Å². The number of benzene rings is 2. The molecule has 0 fully saturated rings. The van der Waals surface area contributed by atoms with Gasteiger partial charge in [0, 0.05) is 34.5 Å². The van der Waals surface area contributed by atoms with Gasteiger partial charge < -0.3 is 14.6 Å². The fourth-order valence-corrected chi connectivity index (χ4v) is 4.77. The number of rotatable bonds is 4. The monoisotopic (exact) mass is 564 g/mol. The number of methoxy groups -OCH3 is 1. The smallest absolute Gasteiger partial charge is 0.308 e. The Morgan fingerprint density at radius 2 is 2.00 bits per heavy atom. The standard InChI is InChI=1S/C22H18BrClN4O5S/c1-10(29)27-16-6-5-12(23)7-14(16)18-20(31)25-22(34-4)26-28(18)21(27)15-8-13(24)9-17(32-3)19(15)33-11(2)30/h5-9,21H,1-4H3. The van der Waals surface area contributed by atoms with Gasteiger partial charge >= 0.3 is 5.97 Å². The van der Waals surface area contributed by atoms with Crippen LogP contribution in [0.25, 0.3) is 11.3 Å². The van der Waals surface area contributed by atoms with Gasteiger partial charge in [0.25, 0.3) is 17.0 Å². The second kappa shape index (κ2) is 9.40. The molecule has 34 heavy (non-hydrogen) atoms. The van der Waals surface area contributed by atoms with Crippen LogP contribution in [0.1, 0.15) is 25.6 Å². The number of hydrogen-bond acceptors (Lipinski definition) is 8. The van der Waals surface area contributed by atoms with E-state index in [1.165, 1.54) is 48.4 Å². The van der Waals surface area contributed by atoms with E-state index in [4.69, 9.17) is 21.1 Å². The quantitative estimate of drug-likeness (QED) is 0.205. The number of anilines is 1. The lowest BCUT2D eigenvalue weighted by Gasteiger charge is -2.33. The van der Waals surface area contributed by atoms with Crippen molar-refractivity contribution in [2.45, 2.75) is 25.2 Å². The number of ether oxygens (including phenoxy) is 2. The van der Waals surface area contributed by atoms with E-state index >= 15 is 0 Å². The van der Waals surface area contributed by atoms with Crippen LogP contribution in [0, 0.1) is 0 Å². The lowest BCUT2D eigenvalue weighted by molar-refractivity contribution is -0.764. The molecule has 0 bridgehead atoms. The van der Waals surface area contributed by atoms with Crippen molar-refractivity contribution in [3.8, 4) is 28.6 Å². The first-order chi connectivity index (χ1) is 16.2. The molecule has 0 spiro atoms. The second-order valence-corrected chi connectivity index (χ2v) is 9.37. The maximum Gasteiger partial charge on any atom is 0.308 e. The molecule has 3 aromatic rings. The molecule has 1 aliphatic heterocycles. The van der Waals surface area contributed by atoms with Crippen molar-refractivity contribution >= 4 is 56.9 Å². The molecule has 1 unspecified atom stereocenters. The second-order valence-electron chi connectivity index (χ2n) is 7.24. The SMILES string of the molecule is COc1cc(Cl)cc(C2N(C(C)=O)c3ccc(Br)cc3-c3c([O-])nc(SC)n[n+]32)c1OC(C)=O. The minimum Gasteiger partial charge on any atom is -0.854 e. The molecule has 12 heteroatoms. The predicted octanol–water partition coefficient (Wildman–Crippen LogP) is 3.49. The molecule has 2 aromatic carbocycles. The van der Waals surface area contributed by atoms with Crippen molar-refractivity contribution < 1.29 is 28.9 Å². The van der Waals surface area contributed by atoms with E-state index in [0.717, 1.165) is 0 Å². The molecule has 176 valence electrons. The van der Waals surface area contributed by atoms with Crippen molar-refractivity contribution in [1.29, 1.82) is 0 Å². The number of esters is 1. The van der Waals surface area contributed by atoms with Crippen LogP contribution in [-0.2, 0) is 9.59 Å². The third-order valence-corrected chi connectivity index (χ3v) is 6.34. The first-order valence-electron chi connectivity index (χ1n) is 9.86. The van der Waals surface area contributed by atoms with Gasteiger partial charge in [0.1, 0.15) is 0 Å². The molecule has 0 N–H and O–H groups in total. The van der Waals surface area contributed by atoms with E-state index in [1.54, 1.807) is 30.5 Å². The van der Waals surface area contributed by atoms with Crippen LogP contribution in [0.4, 0.5) is 5.69 Å². The average molecular weight is 566 g/mol. The van der Waals surface area contributed by atoms with Gasteiger partial charge in [-0.1, -0.05) is 44.0 Å². The van der Waals surface area contributed by atoms with Gasteiger partial charge in [0.05, 0.1) is 29.8 Å². The highest BCUT2D eigenvalue weighted by Gasteiger charge is 2.46. The molecule has 0 saturated carbocycles. The highest BCUT2D eigenvalue weighted by Crippen LogP contribution is 2.46. The Morgan fingerprint density at radius 3 is 2.62 bits per heavy atom. The predicted molar refractivity (Wildman–Crippen MR) is 127 cm³/mol. The van der Waals surface area contributed by atoms with Gasteiger partial charge in [-0.05, 0) is 30.5 Å². The fourth-order valence-electron chi connectivity index (χ4n) is 3.85. The Hall–Kier alpha value is -2.89. The summed E-state index contributed by atoms with van der Waals surface area (Å²) >= 11 is 11.0. The molecular formula is C22H18BrClN4O5S. The molecular weight excluding hydrogens is 548 g/mol. The zero-order chi connectivity index (χ0) is 24.7. The van der Waals surface area contributed by atoms with Gasteiger partial charge in [-0.25, -0.2) is 9.88 Å². The number of nitrogens with zero attached hydrogens (tertiary/aromatic N) is 4. The van der Waals surface area contributed by atoms with Gasteiger partial charge in [-0.2, -0.15) is 0 Å². The topological polar surface area (TPSA) is 109 Å². The van der Waals surface area contributed by atoms with Crippen molar-refractivity contribution in [2.24, 2.45) is 0 Å². The highest BCUT2D eigenvalue weighted by atomic mass is 79.9. The summed E-state index contributed by atoms with van der Waals surface area (Å²) < 4.78 is 13.0. The lowest BCUT2D eigenvalue weighted by Crippen LogP contribution is -2.59. The first kappa shape index (κ1) is 24.2. The van der Waals surface area contributed by atoms with Gasteiger partial charge in [0.15, 0.2) is 11.5 Å². The van der Waals surface area contributed by atoms with Gasteiger partial charge in [-0.15, -0.1) is 0 Å². The Balaban J connectivity index is 2.14. The molecule has 0 aliphatic carbocycles. The van der Waals surface area contributed by atoms with Crippen molar-refractivity contribution in [2.75, 3.05) is 18.3 Å². The molecule has 9 nitrogen and oxygen atoms in total. The van der Waals surface area contributed by atoms with Crippen LogP contribution < -0.4 is 24.2 Å². The third-order valence-electron chi connectivity index (χ3n) is 5.09. The summed E-state index contributed by atoms with van der Waals surface area (Å²) in [6, 6.07) is 8.24. The van der Waals surface area contributed by atoms with E-state index in [2.05, 4.69) is 26.0 Å². The Kier molecular flexibility index (Phi) is 6.70. The van der Waals surface area contributed by atoms with Gasteiger partial charge in [0.2, 0.25) is 5.91 Å². The van der Waals surface area contributed by atoms with Gasteiger partial charge in [-0.3, -0.25) is 9.59 Å². The van der Waals surface area contributed by atoms with E-state index in [-0.39, 0.29) is 33.3 Å². The molecule has 4 rings (SSSR count). The Labute approximate surface area is 212 Å². The Bertz CT molecular complexity index is 1340. The van der Waals surface area contributed by atoms with E-state index in [1.807, 2.05) is 0 Å². The molecule has 0 radical (unpaired) electrons. The normalized spacial score (nSPS) is 14.3. The minimum atomic E-state index is -1.02. The molecule has 1 atom stereocenters. The minimum absolute atomic E-state index is 0.0615. The summed E-state index contributed by atoms with van der Waals surface area (Å²) in [6.07, 6.45) is 0.712. The number of amides is 1. The summed E-state index contributed by atoms with van der Waals surface area (Å²) in [4.78, 5) is 30.6. The van der Waals surface area contributed by atoms with Crippen LogP contribution in [-0.4, -0.2) is 35.3 Å². The zero-order valence-electron chi connectivity index (χ0n) is 18.5. The highest BCUT2D eigenvalue weighted by molar-refractivity contribution is 9.10. The maximum atomic E-state index is 13.2. The number of halogens is 2. The lowest BCUT2D eigenvalue weighted by atomic mass is 10.0. The molecule has 1 amide bonds. The van der Waals surface area contributed by atoms with E-state index in [9.17, 15) is 14.7 Å². The van der Waals surface area contributed by atoms with Crippen LogP contribution >= 0.6 is 39.3 Å². The summed E-state index contributed by atoms with van der Waals surface area (Å²) in [5, 5.41) is 18.2. The number of thioether (sulfide) groups is 1. The Morgan fingerprint density at radius 1 is 1.26 bits per heavy atom. The fraction of sp³-hybridized carbons (Fsp3) is 0.227. The van der Waals surface area contributed by atoms with Crippen LogP contribution in [0.3, 0.4) is 0 Å². The van der Waals surface area contributed by atoms with Crippen LogP contribution in [0.5, 0.6) is 17.4 Å². The number of carbonyl (C=O) groups is 2. The van der Waals surface area contributed by atoms with E-state index in [0.29, 0.717) is 21.3 Å². The number of fused-ring (bicyclic) bond motifs is 3. The number of aromatic nitrogens is 3. The molecule has 1 aromatic heterocycles. The third kappa shape index (κ3) is 4.19. The van der Waals surface area contributed by atoms with Crippen LogP contribution in [0.2, 0.25) is 5.02 Å². The number of hydrogen-bond donors (Lipinski definition) is 0. The summed E-state index contributed by atoms with van der Waals surface area (Å²) in [5.74, 6) is -1.21. The van der Waals surface area contributed by atoms with E-state index < -0.39 is 18.0 Å². The largest absolute Gasteiger partial charge is 0.854 e. The van der Waals surface area contributed by atoms with Crippen LogP contribution in [0.15, 0.2) is 40.0 Å². The first-order valence-corrected chi connectivity index (χ1v) is 12.3. The molecule has 0 saturated heterocycles.